The van der Waals surface area contributed by atoms with E-state index >= 15 is 0 Å². The van der Waals surface area contributed by atoms with E-state index in [0.717, 1.165) is 21.9 Å². The molecule has 0 fully saturated rings. The van der Waals surface area contributed by atoms with Crippen molar-refractivity contribution in [2.24, 2.45) is 0 Å². The summed E-state index contributed by atoms with van der Waals surface area (Å²) >= 11 is 6.03. The molecule has 0 radical (unpaired) electrons. The molecule has 0 aromatic heterocycles. The van der Waals surface area contributed by atoms with Crippen molar-refractivity contribution < 1.29 is 9.47 Å². The molecule has 1 heterocycles. The first-order chi connectivity index (χ1) is 12.6. The Morgan fingerprint density at radius 2 is 1.88 bits per heavy atom. The summed E-state index contributed by atoms with van der Waals surface area (Å²) in [7, 11) is 1.38. The fourth-order valence-corrected chi connectivity index (χ4v) is 3.70. The van der Waals surface area contributed by atoms with Gasteiger partial charge in [-0.15, -0.1) is 0 Å². The van der Waals surface area contributed by atoms with Gasteiger partial charge in [-0.3, -0.25) is 5.41 Å². The van der Waals surface area contributed by atoms with Gasteiger partial charge in [0.1, 0.15) is 11.8 Å². The molecule has 4 rings (SSSR count). The molecule has 3 aromatic rings. The Kier molecular flexibility index (Phi) is 3.82. The molecule has 128 valence electrons. The van der Waals surface area contributed by atoms with Crippen LogP contribution in [0.15, 0.2) is 60.7 Å². The van der Waals surface area contributed by atoms with Gasteiger partial charge in [0.2, 0.25) is 5.90 Å². The maximum absolute atomic E-state index is 10.0. The van der Waals surface area contributed by atoms with Crippen molar-refractivity contribution in [1.82, 2.24) is 0 Å². The molecule has 0 saturated heterocycles. The lowest BCUT2D eigenvalue weighted by atomic mass is 9.79. The predicted molar refractivity (Wildman–Crippen MR) is 101 cm³/mol. The van der Waals surface area contributed by atoms with Gasteiger partial charge in [0, 0.05) is 16.0 Å². The van der Waals surface area contributed by atoms with Crippen molar-refractivity contribution in [1.29, 1.82) is 10.7 Å². The molecule has 1 aliphatic heterocycles. The zero-order chi connectivity index (χ0) is 18.3. The second-order valence-corrected chi connectivity index (χ2v) is 6.61. The predicted octanol–water partition coefficient (Wildman–Crippen LogP) is 4.90. The highest BCUT2D eigenvalue weighted by Gasteiger charge is 2.55. The van der Waals surface area contributed by atoms with Crippen molar-refractivity contribution in [2.45, 2.75) is 11.5 Å². The standard InChI is InChI=1S/C21H15ClN2O2/c1-25-20(24)21(12-23)18(14-6-9-15(22)10-7-14)17-11-8-13-4-2-3-5-16(13)19(17)26-21/h2-11,18,24H,1H3/t18-,21-/m1/s1. The zero-order valence-electron chi connectivity index (χ0n) is 14.0. The van der Waals surface area contributed by atoms with E-state index in [2.05, 4.69) is 6.07 Å². The van der Waals surface area contributed by atoms with Crippen molar-refractivity contribution in [3.8, 4) is 11.8 Å². The average molecular weight is 363 g/mol. The van der Waals surface area contributed by atoms with Crippen LogP contribution in [-0.4, -0.2) is 18.6 Å². The molecular weight excluding hydrogens is 348 g/mol. The van der Waals surface area contributed by atoms with Crippen molar-refractivity contribution >= 4 is 28.3 Å². The van der Waals surface area contributed by atoms with Gasteiger partial charge in [0.15, 0.2) is 0 Å². The van der Waals surface area contributed by atoms with Crippen LogP contribution >= 0.6 is 11.6 Å². The minimum Gasteiger partial charge on any atom is -0.481 e. The molecule has 0 saturated carbocycles. The summed E-state index contributed by atoms with van der Waals surface area (Å²) in [5, 5.41) is 20.8. The van der Waals surface area contributed by atoms with Crippen molar-refractivity contribution in [2.75, 3.05) is 7.11 Å². The Hall–Kier alpha value is -3.03. The van der Waals surface area contributed by atoms with Crippen LogP contribution in [-0.2, 0) is 4.74 Å². The maximum atomic E-state index is 10.0. The normalized spacial score (nSPS) is 20.9. The molecule has 0 bridgehead atoms. The van der Waals surface area contributed by atoms with Crippen LogP contribution in [0.25, 0.3) is 10.8 Å². The van der Waals surface area contributed by atoms with Crippen molar-refractivity contribution in [3.05, 3.63) is 76.8 Å². The van der Waals surface area contributed by atoms with Gasteiger partial charge in [-0.2, -0.15) is 5.26 Å². The lowest BCUT2D eigenvalue weighted by Gasteiger charge is -2.27. The number of nitriles is 1. The third-order valence-corrected chi connectivity index (χ3v) is 5.05. The zero-order valence-corrected chi connectivity index (χ0v) is 14.7. The van der Waals surface area contributed by atoms with Gasteiger partial charge in [-0.05, 0) is 23.1 Å². The Labute approximate surface area is 156 Å². The molecule has 2 atom stereocenters. The first kappa shape index (κ1) is 16.4. The van der Waals surface area contributed by atoms with Crippen molar-refractivity contribution in [3.63, 3.8) is 0 Å². The van der Waals surface area contributed by atoms with Crippen LogP contribution in [0, 0.1) is 16.7 Å². The second-order valence-electron chi connectivity index (χ2n) is 6.17. The lowest BCUT2D eigenvalue weighted by Crippen LogP contribution is -2.46. The minimum atomic E-state index is -1.56. The number of hydrogen-bond acceptors (Lipinski definition) is 4. The van der Waals surface area contributed by atoms with Gasteiger partial charge in [0.05, 0.1) is 13.0 Å². The second kappa shape index (κ2) is 6.05. The highest BCUT2D eigenvalue weighted by molar-refractivity contribution is 6.30. The quantitative estimate of drug-likeness (QED) is 0.520. The van der Waals surface area contributed by atoms with Gasteiger partial charge < -0.3 is 9.47 Å². The van der Waals surface area contributed by atoms with Gasteiger partial charge in [-0.1, -0.05) is 60.1 Å². The third kappa shape index (κ3) is 2.25. The Morgan fingerprint density at radius 1 is 1.15 bits per heavy atom. The van der Waals surface area contributed by atoms with Crippen LogP contribution in [0.5, 0.6) is 5.75 Å². The van der Waals surface area contributed by atoms with E-state index in [4.69, 9.17) is 26.5 Å². The number of benzene rings is 3. The summed E-state index contributed by atoms with van der Waals surface area (Å²) in [6.45, 7) is 0. The van der Waals surface area contributed by atoms with E-state index in [-0.39, 0.29) is 5.90 Å². The van der Waals surface area contributed by atoms with E-state index in [0.29, 0.717) is 10.8 Å². The van der Waals surface area contributed by atoms with Crippen LogP contribution in [0.3, 0.4) is 0 Å². The summed E-state index contributed by atoms with van der Waals surface area (Å²) < 4.78 is 11.3. The number of rotatable bonds is 2. The Morgan fingerprint density at radius 3 is 2.58 bits per heavy atom. The number of ether oxygens (including phenoxy) is 2. The van der Waals surface area contributed by atoms with E-state index in [9.17, 15) is 5.26 Å². The highest BCUT2D eigenvalue weighted by Crippen LogP contribution is 2.51. The topological polar surface area (TPSA) is 66.1 Å². The lowest BCUT2D eigenvalue weighted by molar-refractivity contribution is 0.176. The fourth-order valence-electron chi connectivity index (χ4n) is 3.58. The number of fused-ring (bicyclic) bond motifs is 3. The number of halogens is 1. The van der Waals surface area contributed by atoms with Crippen LogP contribution in [0.1, 0.15) is 17.0 Å². The third-order valence-electron chi connectivity index (χ3n) is 4.80. The van der Waals surface area contributed by atoms with E-state index in [1.54, 1.807) is 12.1 Å². The molecule has 1 aliphatic rings. The van der Waals surface area contributed by atoms with Gasteiger partial charge >= 0.3 is 0 Å². The largest absolute Gasteiger partial charge is 0.481 e. The van der Waals surface area contributed by atoms with E-state index in [1.165, 1.54) is 7.11 Å². The van der Waals surface area contributed by atoms with Crippen LogP contribution in [0.2, 0.25) is 5.02 Å². The number of nitrogens with zero attached hydrogens (tertiary/aromatic N) is 1. The van der Waals surface area contributed by atoms with Crippen LogP contribution in [0.4, 0.5) is 0 Å². The molecule has 4 nitrogen and oxygen atoms in total. The van der Waals surface area contributed by atoms with E-state index < -0.39 is 11.5 Å². The molecule has 0 aliphatic carbocycles. The Bertz CT molecular complexity index is 1060. The fraction of sp³-hybridized carbons (Fsp3) is 0.143. The SMILES string of the molecule is COC(=N)[C@]1(C#N)Oc2c(ccc3ccccc23)[C@H]1c1ccc(Cl)cc1. The first-order valence-corrected chi connectivity index (χ1v) is 8.49. The maximum Gasteiger partial charge on any atom is 0.279 e. The number of nitrogens with one attached hydrogen (secondary N) is 1. The summed E-state index contributed by atoms with van der Waals surface area (Å²) in [6, 6.07) is 21.2. The number of methoxy groups -OCH3 is 1. The van der Waals surface area contributed by atoms with E-state index in [1.807, 2.05) is 48.5 Å². The smallest absolute Gasteiger partial charge is 0.279 e. The van der Waals surface area contributed by atoms with Gasteiger partial charge in [0.25, 0.3) is 5.60 Å². The van der Waals surface area contributed by atoms with Gasteiger partial charge in [-0.25, -0.2) is 0 Å². The first-order valence-electron chi connectivity index (χ1n) is 8.11. The van der Waals surface area contributed by atoms with Crippen LogP contribution < -0.4 is 4.74 Å². The summed E-state index contributed by atoms with van der Waals surface area (Å²) in [4.78, 5) is 0. The average Bonchev–Trinajstić information content (AvgIpc) is 3.04. The Balaban J connectivity index is 2.02. The summed E-state index contributed by atoms with van der Waals surface area (Å²) in [5.41, 5.74) is 0.135. The molecule has 0 spiro atoms. The minimum absolute atomic E-state index is 0.222. The molecule has 1 N–H and O–H groups in total. The molecule has 3 aromatic carbocycles. The highest BCUT2D eigenvalue weighted by atomic mass is 35.5. The monoisotopic (exact) mass is 362 g/mol. The molecule has 0 unspecified atom stereocenters. The molecule has 5 heteroatoms. The number of hydrogen-bond donors (Lipinski definition) is 1. The molecule has 0 amide bonds. The summed E-state index contributed by atoms with van der Waals surface area (Å²) in [5.74, 6) is -0.0940. The summed E-state index contributed by atoms with van der Waals surface area (Å²) in [6.07, 6.45) is 0. The molecule has 26 heavy (non-hydrogen) atoms. The molecular formula is C21H15ClN2O2.